The lowest BCUT2D eigenvalue weighted by Crippen LogP contribution is -2.26. The monoisotopic (exact) mass is 603 g/mol. The summed E-state index contributed by atoms with van der Waals surface area (Å²) in [5, 5.41) is 19.3. The van der Waals surface area contributed by atoms with Crippen LogP contribution in [0.2, 0.25) is 0 Å². The average molecular weight is 604 g/mol. The minimum Gasteiger partial charge on any atom is -0.423 e. The normalized spacial score (nSPS) is 14.8. The van der Waals surface area contributed by atoms with Gasteiger partial charge in [0.05, 0.1) is 0 Å². The van der Waals surface area contributed by atoms with Crippen LogP contribution in [-0.2, 0) is 10.8 Å². The SMILES string of the molecule is CC1(C)c2ccccc2-c2ccc(N(c3ccc(-c4ccc(B(O)O)s4)cc3)c3ccc4c(c3)C(C)(C)c3ccccc3-4)cc21. The van der Waals surface area contributed by atoms with Gasteiger partial charge >= 0.3 is 7.12 Å². The lowest BCUT2D eigenvalue weighted by Gasteiger charge is -2.30. The predicted molar refractivity (Wildman–Crippen MR) is 189 cm³/mol. The molecule has 0 saturated heterocycles. The van der Waals surface area contributed by atoms with E-state index in [9.17, 15) is 10.0 Å². The van der Waals surface area contributed by atoms with Crippen molar-refractivity contribution >= 4 is 40.3 Å². The quantitative estimate of drug-likeness (QED) is 0.193. The smallest absolute Gasteiger partial charge is 0.423 e. The number of benzene rings is 5. The molecule has 0 fully saturated rings. The lowest BCUT2D eigenvalue weighted by molar-refractivity contribution is 0.427. The van der Waals surface area contributed by atoms with Crippen LogP contribution in [0.5, 0.6) is 0 Å². The molecule has 220 valence electrons. The van der Waals surface area contributed by atoms with Gasteiger partial charge in [0.15, 0.2) is 0 Å². The van der Waals surface area contributed by atoms with Gasteiger partial charge in [0.1, 0.15) is 0 Å². The zero-order chi connectivity index (χ0) is 31.1. The van der Waals surface area contributed by atoms with E-state index < -0.39 is 7.12 Å². The van der Waals surface area contributed by atoms with E-state index in [1.165, 1.54) is 55.8 Å². The van der Waals surface area contributed by atoms with E-state index in [0.717, 1.165) is 27.5 Å². The van der Waals surface area contributed by atoms with E-state index in [1.54, 1.807) is 6.07 Å². The van der Waals surface area contributed by atoms with Gasteiger partial charge in [0.25, 0.3) is 0 Å². The van der Waals surface area contributed by atoms with Crippen molar-refractivity contribution in [2.45, 2.75) is 38.5 Å². The maximum absolute atomic E-state index is 9.63. The third kappa shape index (κ3) is 4.26. The van der Waals surface area contributed by atoms with E-state index in [-0.39, 0.29) is 10.8 Å². The van der Waals surface area contributed by atoms with Crippen LogP contribution >= 0.6 is 11.3 Å². The summed E-state index contributed by atoms with van der Waals surface area (Å²) in [6.45, 7) is 9.31. The summed E-state index contributed by atoms with van der Waals surface area (Å²) in [4.78, 5) is 3.38. The van der Waals surface area contributed by atoms with E-state index in [4.69, 9.17) is 0 Å². The van der Waals surface area contributed by atoms with E-state index in [1.807, 2.05) is 6.07 Å². The molecule has 2 aliphatic rings. The van der Waals surface area contributed by atoms with Crippen LogP contribution in [0.25, 0.3) is 32.7 Å². The fraction of sp³-hybridized carbons (Fsp3) is 0.150. The molecule has 0 unspecified atom stereocenters. The maximum Gasteiger partial charge on any atom is 0.499 e. The second-order valence-electron chi connectivity index (χ2n) is 13.3. The second-order valence-corrected chi connectivity index (χ2v) is 14.4. The first-order valence-corrected chi connectivity index (χ1v) is 16.3. The number of nitrogens with zero attached hydrogens (tertiary/aromatic N) is 1. The molecule has 2 N–H and O–H groups in total. The molecule has 5 aromatic carbocycles. The molecular formula is C40H34BNO2S. The number of hydrogen-bond acceptors (Lipinski definition) is 4. The first-order valence-electron chi connectivity index (χ1n) is 15.5. The highest BCUT2D eigenvalue weighted by Gasteiger charge is 2.37. The van der Waals surface area contributed by atoms with Crippen molar-refractivity contribution in [3.63, 3.8) is 0 Å². The maximum atomic E-state index is 9.63. The van der Waals surface area contributed by atoms with Gasteiger partial charge in [-0.05, 0) is 92.5 Å². The third-order valence-electron chi connectivity index (χ3n) is 9.94. The van der Waals surface area contributed by atoms with Crippen LogP contribution < -0.4 is 9.68 Å². The Hall–Kier alpha value is -4.42. The van der Waals surface area contributed by atoms with Crippen LogP contribution in [0, 0.1) is 0 Å². The summed E-state index contributed by atoms with van der Waals surface area (Å²) in [5.74, 6) is 0. The Morgan fingerprint density at radius 3 is 1.47 bits per heavy atom. The van der Waals surface area contributed by atoms with E-state index in [0.29, 0.717) is 4.78 Å². The van der Waals surface area contributed by atoms with Gasteiger partial charge in [-0.3, -0.25) is 0 Å². The molecule has 3 nitrogen and oxygen atoms in total. The first kappa shape index (κ1) is 28.1. The molecule has 0 atom stereocenters. The minimum atomic E-state index is -1.45. The fourth-order valence-electron chi connectivity index (χ4n) is 7.53. The number of rotatable bonds is 5. The Bertz CT molecular complexity index is 2000. The average Bonchev–Trinajstić information content (AvgIpc) is 3.70. The molecule has 2 aliphatic carbocycles. The van der Waals surface area contributed by atoms with Crippen LogP contribution in [0.4, 0.5) is 17.1 Å². The van der Waals surface area contributed by atoms with Crippen molar-refractivity contribution in [1.29, 1.82) is 0 Å². The second kappa shape index (κ2) is 10.0. The van der Waals surface area contributed by atoms with Crippen LogP contribution in [0.3, 0.4) is 0 Å². The molecule has 0 spiro atoms. The third-order valence-corrected chi connectivity index (χ3v) is 11.1. The van der Waals surface area contributed by atoms with Gasteiger partial charge in [0, 0.05) is 37.5 Å². The Morgan fingerprint density at radius 1 is 0.511 bits per heavy atom. The Balaban J connectivity index is 1.28. The summed E-state index contributed by atoms with van der Waals surface area (Å²) in [7, 11) is -1.45. The number of anilines is 3. The molecule has 5 heteroatoms. The Kier molecular flexibility index (Phi) is 6.27. The zero-order valence-electron chi connectivity index (χ0n) is 25.9. The Labute approximate surface area is 269 Å². The van der Waals surface area contributed by atoms with Crippen LogP contribution in [-0.4, -0.2) is 17.2 Å². The largest absolute Gasteiger partial charge is 0.499 e. The summed E-state index contributed by atoms with van der Waals surface area (Å²) >= 11 is 1.40. The highest BCUT2D eigenvalue weighted by atomic mass is 32.1. The molecule has 1 aromatic heterocycles. The number of hydrogen-bond donors (Lipinski definition) is 2. The fourth-order valence-corrected chi connectivity index (χ4v) is 8.42. The molecule has 0 saturated carbocycles. The first-order chi connectivity index (χ1) is 21.6. The van der Waals surface area contributed by atoms with Crippen LogP contribution in [0.15, 0.2) is 121 Å². The van der Waals surface area contributed by atoms with Gasteiger partial charge in [0.2, 0.25) is 0 Å². The molecule has 8 rings (SSSR count). The number of fused-ring (bicyclic) bond motifs is 6. The number of thiophene rings is 1. The van der Waals surface area contributed by atoms with Crippen molar-refractivity contribution in [2.75, 3.05) is 4.90 Å². The topological polar surface area (TPSA) is 43.7 Å². The molecule has 0 radical (unpaired) electrons. The highest BCUT2D eigenvalue weighted by molar-refractivity contribution is 7.24. The van der Waals surface area contributed by atoms with Crippen molar-refractivity contribution in [3.8, 4) is 32.7 Å². The standard InChI is InChI=1S/C40H34BNO2S/c1-39(2)33-11-7-5-9-29(33)31-19-17-27(23-35(31)39)42(26-15-13-25(14-16-26)37-21-22-38(45-37)41(43)44)28-18-20-32-30-10-6-8-12-34(30)40(3,4)36(32)24-28/h5-24,43-44H,1-4H3. The van der Waals surface area contributed by atoms with Gasteiger partial charge in [-0.25, -0.2) is 0 Å². The van der Waals surface area contributed by atoms with Gasteiger partial charge < -0.3 is 14.9 Å². The molecule has 6 aromatic rings. The summed E-state index contributed by atoms with van der Waals surface area (Å²) in [6.07, 6.45) is 0. The van der Waals surface area contributed by atoms with Gasteiger partial charge in [-0.15, -0.1) is 11.3 Å². The highest BCUT2D eigenvalue weighted by Crippen LogP contribution is 2.53. The van der Waals surface area contributed by atoms with Gasteiger partial charge in [-0.2, -0.15) is 0 Å². The van der Waals surface area contributed by atoms with Crippen LogP contribution in [0.1, 0.15) is 49.9 Å². The lowest BCUT2D eigenvalue weighted by atomic mass is 9.82. The molecule has 0 amide bonds. The molecule has 0 bridgehead atoms. The van der Waals surface area contributed by atoms with Crippen molar-refractivity contribution in [2.24, 2.45) is 0 Å². The minimum absolute atomic E-state index is 0.104. The van der Waals surface area contributed by atoms with E-state index in [2.05, 4.69) is 142 Å². The molecule has 0 aliphatic heterocycles. The molecular weight excluding hydrogens is 569 g/mol. The van der Waals surface area contributed by atoms with Crippen molar-refractivity contribution in [1.82, 2.24) is 0 Å². The summed E-state index contributed by atoms with van der Waals surface area (Å²) in [6, 6.07) is 43.7. The molecule has 1 heterocycles. The predicted octanol–water partition coefficient (Wildman–Crippen LogP) is 9.18. The van der Waals surface area contributed by atoms with Gasteiger partial charge in [-0.1, -0.05) is 107 Å². The molecule has 45 heavy (non-hydrogen) atoms. The van der Waals surface area contributed by atoms with Crippen molar-refractivity contribution in [3.05, 3.63) is 144 Å². The summed E-state index contributed by atoms with van der Waals surface area (Å²) in [5.41, 5.74) is 14.8. The van der Waals surface area contributed by atoms with Crippen molar-refractivity contribution < 1.29 is 10.0 Å². The summed E-state index contributed by atoms with van der Waals surface area (Å²) < 4.78 is 0.541. The Morgan fingerprint density at radius 2 is 0.978 bits per heavy atom. The van der Waals surface area contributed by atoms with E-state index >= 15 is 0 Å². The zero-order valence-corrected chi connectivity index (χ0v) is 26.7.